The first-order valence-electron chi connectivity index (χ1n) is 6.08. The number of hydrogen-bond acceptors (Lipinski definition) is 8. The van der Waals surface area contributed by atoms with Crippen LogP contribution in [0.4, 0.5) is 11.9 Å². The van der Waals surface area contributed by atoms with Crippen LogP contribution in [-0.2, 0) is 4.74 Å². The summed E-state index contributed by atoms with van der Waals surface area (Å²) in [5.74, 6) is 0.817. The fourth-order valence-electron chi connectivity index (χ4n) is 1.71. The van der Waals surface area contributed by atoms with Gasteiger partial charge in [-0.05, 0) is 6.92 Å². The summed E-state index contributed by atoms with van der Waals surface area (Å²) < 4.78 is 10.4. The lowest BCUT2D eigenvalue weighted by molar-refractivity contribution is 0.122. The van der Waals surface area contributed by atoms with Gasteiger partial charge in [0.1, 0.15) is 0 Å². The zero-order valence-electron chi connectivity index (χ0n) is 11.0. The van der Waals surface area contributed by atoms with E-state index in [-0.39, 0.29) is 6.01 Å². The number of morpholine rings is 1. The van der Waals surface area contributed by atoms with Crippen molar-refractivity contribution in [2.45, 2.75) is 6.92 Å². The first-order valence-corrected chi connectivity index (χ1v) is 6.08. The van der Waals surface area contributed by atoms with E-state index in [2.05, 4.69) is 15.0 Å². The summed E-state index contributed by atoms with van der Waals surface area (Å²) in [4.78, 5) is 16.0. The molecule has 0 radical (unpaired) electrons. The van der Waals surface area contributed by atoms with Gasteiger partial charge in [-0.25, -0.2) is 4.90 Å². The fraction of sp³-hybridized carbons (Fsp3) is 0.636. The smallest absolute Gasteiger partial charge is 0.322 e. The highest BCUT2D eigenvalue weighted by molar-refractivity contribution is 5.43. The molecule has 0 aromatic carbocycles. The molecule has 0 spiro atoms. The molecule has 8 nitrogen and oxygen atoms in total. The Morgan fingerprint density at radius 2 is 2.11 bits per heavy atom. The molecule has 0 aliphatic carbocycles. The molecular weight excluding hydrogens is 248 g/mol. The summed E-state index contributed by atoms with van der Waals surface area (Å²) in [6.45, 7) is 5.05. The van der Waals surface area contributed by atoms with Crippen molar-refractivity contribution in [3.63, 3.8) is 0 Å². The molecule has 102 valence electrons. The molecule has 1 aliphatic rings. The van der Waals surface area contributed by atoms with Crippen LogP contribution >= 0.6 is 0 Å². The largest absolute Gasteiger partial charge is 0.467 e. The Labute approximate surface area is 111 Å². The number of anilines is 2. The first kappa shape index (κ1) is 13.3. The highest BCUT2D eigenvalue weighted by Crippen LogP contribution is 2.18. The molecule has 8 heteroatoms. The van der Waals surface area contributed by atoms with E-state index >= 15 is 0 Å². The normalized spacial score (nSPS) is 14.9. The molecule has 1 saturated heterocycles. The van der Waals surface area contributed by atoms with Crippen molar-refractivity contribution < 1.29 is 9.47 Å². The standard InChI is InChI=1S/C11H16N6O2/c1-3-16(8-12)9-13-10(15-11(14-9)18-2)17-4-6-19-7-5-17/h3-7H2,1-2H3. The number of nitrogens with zero attached hydrogens (tertiary/aromatic N) is 6. The van der Waals surface area contributed by atoms with Gasteiger partial charge in [0.15, 0.2) is 6.19 Å². The van der Waals surface area contributed by atoms with Crippen LogP contribution in [0.3, 0.4) is 0 Å². The van der Waals surface area contributed by atoms with E-state index in [9.17, 15) is 0 Å². The summed E-state index contributed by atoms with van der Waals surface area (Å²) in [5, 5.41) is 9.05. The van der Waals surface area contributed by atoms with Crippen LogP contribution < -0.4 is 14.5 Å². The van der Waals surface area contributed by atoms with E-state index in [0.29, 0.717) is 44.7 Å². The van der Waals surface area contributed by atoms with Gasteiger partial charge in [0.25, 0.3) is 0 Å². The Kier molecular flexibility index (Phi) is 4.30. The molecule has 1 aromatic heterocycles. The molecule has 1 fully saturated rings. The van der Waals surface area contributed by atoms with Gasteiger partial charge in [-0.2, -0.15) is 20.2 Å². The number of ether oxygens (including phenoxy) is 2. The van der Waals surface area contributed by atoms with Gasteiger partial charge in [-0.3, -0.25) is 0 Å². The minimum Gasteiger partial charge on any atom is -0.467 e. The van der Waals surface area contributed by atoms with Gasteiger partial charge in [-0.15, -0.1) is 0 Å². The van der Waals surface area contributed by atoms with Gasteiger partial charge in [0.2, 0.25) is 11.9 Å². The van der Waals surface area contributed by atoms with Gasteiger partial charge in [-0.1, -0.05) is 0 Å². The predicted octanol–water partition coefficient (Wildman–Crippen LogP) is 0.0242. The highest BCUT2D eigenvalue weighted by Gasteiger charge is 2.18. The van der Waals surface area contributed by atoms with Gasteiger partial charge < -0.3 is 14.4 Å². The Morgan fingerprint density at radius 1 is 1.37 bits per heavy atom. The maximum absolute atomic E-state index is 9.05. The maximum Gasteiger partial charge on any atom is 0.322 e. The van der Waals surface area contributed by atoms with Crippen molar-refractivity contribution in [3.05, 3.63) is 0 Å². The fourth-order valence-corrected chi connectivity index (χ4v) is 1.71. The quantitative estimate of drug-likeness (QED) is 0.555. The van der Waals surface area contributed by atoms with E-state index in [1.54, 1.807) is 0 Å². The average molecular weight is 264 g/mol. The second-order valence-corrected chi connectivity index (χ2v) is 3.87. The third-order valence-electron chi connectivity index (χ3n) is 2.75. The summed E-state index contributed by atoms with van der Waals surface area (Å²) in [6, 6.07) is 0.209. The zero-order valence-corrected chi connectivity index (χ0v) is 11.0. The number of nitriles is 1. The second-order valence-electron chi connectivity index (χ2n) is 3.87. The molecule has 0 N–H and O–H groups in total. The zero-order chi connectivity index (χ0) is 13.7. The van der Waals surface area contributed by atoms with Crippen molar-refractivity contribution in [1.82, 2.24) is 15.0 Å². The van der Waals surface area contributed by atoms with Gasteiger partial charge in [0, 0.05) is 19.6 Å². The van der Waals surface area contributed by atoms with Crippen molar-refractivity contribution in [2.24, 2.45) is 0 Å². The molecule has 19 heavy (non-hydrogen) atoms. The SMILES string of the molecule is CCN(C#N)c1nc(OC)nc(N2CCOCC2)n1. The lowest BCUT2D eigenvalue weighted by Gasteiger charge is -2.27. The monoisotopic (exact) mass is 264 g/mol. The lowest BCUT2D eigenvalue weighted by Crippen LogP contribution is -2.37. The van der Waals surface area contributed by atoms with Crippen LogP contribution in [0.5, 0.6) is 6.01 Å². The minimum absolute atomic E-state index is 0.209. The van der Waals surface area contributed by atoms with Crippen molar-refractivity contribution in [3.8, 4) is 12.2 Å². The van der Waals surface area contributed by atoms with Crippen LogP contribution in [0, 0.1) is 11.5 Å². The number of methoxy groups -OCH3 is 1. The highest BCUT2D eigenvalue weighted by atomic mass is 16.5. The summed E-state index contributed by atoms with van der Waals surface area (Å²) in [5.41, 5.74) is 0. The molecule has 0 atom stereocenters. The van der Waals surface area contributed by atoms with E-state index < -0.39 is 0 Å². The summed E-state index contributed by atoms with van der Waals surface area (Å²) in [6.07, 6.45) is 2.03. The Balaban J connectivity index is 2.32. The van der Waals surface area contributed by atoms with Crippen LogP contribution in [-0.4, -0.2) is 54.9 Å². The van der Waals surface area contributed by atoms with Crippen LogP contribution in [0.15, 0.2) is 0 Å². The third kappa shape index (κ3) is 3.00. The van der Waals surface area contributed by atoms with Gasteiger partial charge in [0.05, 0.1) is 20.3 Å². The minimum atomic E-state index is 0.209. The summed E-state index contributed by atoms with van der Waals surface area (Å²) in [7, 11) is 1.49. The predicted molar refractivity (Wildman–Crippen MR) is 68.0 cm³/mol. The van der Waals surface area contributed by atoms with E-state index in [1.165, 1.54) is 12.0 Å². The molecule has 0 amide bonds. The van der Waals surface area contributed by atoms with E-state index in [1.807, 2.05) is 18.0 Å². The molecule has 0 saturated carbocycles. The molecule has 2 heterocycles. The number of hydrogen-bond donors (Lipinski definition) is 0. The summed E-state index contributed by atoms with van der Waals surface area (Å²) >= 11 is 0. The Bertz CT molecular complexity index is 469. The molecular formula is C11H16N6O2. The van der Waals surface area contributed by atoms with E-state index in [0.717, 1.165) is 0 Å². The Hall–Kier alpha value is -2.14. The molecule has 1 aromatic rings. The lowest BCUT2D eigenvalue weighted by atomic mass is 10.4. The topological polar surface area (TPSA) is 87.4 Å². The Morgan fingerprint density at radius 3 is 2.68 bits per heavy atom. The van der Waals surface area contributed by atoms with Gasteiger partial charge >= 0.3 is 6.01 Å². The van der Waals surface area contributed by atoms with Crippen molar-refractivity contribution in [1.29, 1.82) is 5.26 Å². The maximum atomic E-state index is 9.05. The van der Waals surface area contributed by atoms with Crippen molar-refractivity contribution >= 4 is 11.9 Å². The molecule has 0 bridgehead atoms. The van der Waals surface area contributed by atoms with Crippen LogP contribution in [0.1, 0.15) is 6.92 Å². The third-order valence-corrected chi connectivity index (χ3v) is 2.75. The van der Waals surface area contributed by atoms with Crippen molar-refractivity contribution in [2.75, 3.05) is 49.8 Å². The van der Waals surface area contributed by atoms with Crippen LogP contribution in [0.2, 0.25) is 0 Å². The molecule has 0 unspecified atom stereocenters. The second kappa shape index (κ2) is 6.15. The molecule has 1 aliphatic heterocycles. The molecule has 2 rings (SSSR count). The number of rotatable bonds is 4. The van der Waals surface area contributed by atoms with Crippen LogP contribution in [0.25, 0.3) is 0 Å². The first-order chi connectivity index (χ1) is 9.28. The average Bonchev–Trinajstić information content (AvgIpc) is 2.49. The van der Waals surface area contributed by atoms with E-state index in [4.69, 9.17) is 14.7 Å². The number of aromatic nitrogens is 3.